The number of hydrogen-bond acceptors (Lipinski definition) is 5. The second-order valence-electron chi connectivity index (χ2n) is 4.14. The van der Waals surface area contributed by atoms with Gasteiger partial charge in [0.2, 0.25) is 0 Å². The Kier molecular flexibility index (Phi) is 4.45. The van der Waals surface area contributed by atoms with Gasteiger partial charge in [-0.25, -0.2) is 9.78 Å². The van der Waals surface area contributed by atoms with E-state index in [2.05, 4.69) is 4.98 Å². The molecule has 0 aliphatic heterocycles. The number of rotatable bonds is 6. The van der Waals surface area contributed by atoms with Crippen molar-refractivity contribution in [3.8, 4) is 5.75 Å². The van der Waals surface area contributed by atoms with E-state index in [1.807, 2.05) is 0 Å². The Hall–Kier alpha value is -2.96. The van der Waals surface area contributed by atoms with Crippen LogP contribution in [0.3, 0.4) is 0 Å². The minimum Gasteiger partial charge on any atom is -0.491 e. The number of nitro groups is 1. The first-order valence-electron chi connectivity index (χ1n) is 6.13. The first-order valence-corrected chi connectivity index (χ1v) is 6.13. The summed E-state index contributed by atoms with van der Waals surface area (Å²) in [5.74, 6) is -1.04. The lowest BCUT2D eigenvalue weighted by molar-refractivity contribution is -0.385. The van der Waals surface area contributed by atoms with E-state index in [0.29, 0.717) is 12.0 Å². The molecule has 0 unspecified atom stereocenters. The topological polar surface area (TPSA) is 103 Å². The molecule has 1 heterocycles. The van der Waals surface area contributed by atoms with Crippen LogP contribution in [0.5, 0.6) is 5.75 Å². The number of carboxylic acid groups (broad SMARTS) is 1. The zero-order valence-corrected chi connectivity index (χ0v) is 10.9. The Morgan fingerprint density at radius 2 is 2.05 bits per heavy atom. The fourth-order valence-corrected chi connectivity index (χ4v) is 1.84. The summed E-state index contributed by atoms with van der Waals surface area (Å²) in [6, 6.07) is 9.41. The molecule has 21 heavy (non-hydrogen) atoms. The standard InChI is InChI=1S/C14H12N2O5/c17-14(18)13-12(6-3-8-15-13)21-9-7-10-4-1-2-5-11(10)16(19)20/h1-6,8H,7,9H2,(H,17,18). The van der Waals surface area contributed by atoms with Crippen molar-refractivity contribution in [1.29, 1.82) is 0 Å². The third-order valence-electron chi connectivity index (χ3n) is 2.79. The molecule has 2 aromatic rings. The van der Waals surface area contributed by atoms with Gasteiger partial charge in [-0.15, -0.1) is 0 Å². The van der Waals surface area contributed by atoms with Gasteiger partial charge in [-0.05, 0) is 12.1 Å². The van der Waals surface area contributed by atoms with Gasteiger partial charge in [-0.1, -0.05) is 18.2 Å². The van der Waals surface area contributed by atoms with E-state index in [4.69, 9.17) is 9.84 Å². The van der Waals surface area contributed by atoms with Crippen LogP contribution in [0.2, 0.25) is 0 Å². The lowest BCUT2D eigenvalue weighted by Crippen LogP contribution is -2.08. The summed E-state index contributed by atoms with van der Waals surface area (Å²) in [5, 5.41) is 19.8. The van der Waals surface area contributed by atoms with Crippen LogP contribution < -0.4 is 4.74 Å². The Morgan fingerprint density at radius 3 is 2.76 bits per heavy atom. The lowest BCUT2D eigenvalue weighted by atomic mass is 10.1. The van der Waals surface area contributed by atoms with E-state index < -0.39 is 10.9 Å². The third-order valence-corrected chi connectivity index (χ3v) is 2.79. The summed E-state index contributed by atoms with van der Waals surface area (Å²) >= 11 is 0. The molecule has 7 nitrogen and oxygen atoms in total. The van der Waals surface area contributed by atoms with E-state index in [0.717, 1.165) is 0 Å². The van der Waals surface area contributed by atoms with Crippen molar-refractivity contribution in [3.63, 3.8) is 0 Å². The number of pyridine rings is 1. The maximum absolute atomic E-state index is 11.0. The molecule has 0 fully saturated rings. The highest BCUT2D eigenvalue weighted by atomic mass is 16.6. The number of aromatic carboxylic acids is 1. The van der Waals surface area contributed by atoms with Crippen LogP contribution in [0.25, 0.3) is 0 Å². The fraction of sp³-hybridized carbons (Fsp3) is 0.143. The number of para-hydroxylation sites is 1. The molecule has 0 saturated heterocycles. The summed E-state index contributed by atoms with van der Waals surface area (Å²) < 4.78 is 5.37. The van der Waals surface area contributed by atoms with E-state index >= 15 is 0 Å². The number of carbonyl (C=O) groups is 1. The number of nitrogens with zero attached hydrogens (tertiary/aromatic N) is 2. The number of nitro benzene ring substituents is 1. The number of benzene rings is 1. The SMILES string of the molecule is O=C(O)c1ncccc1OCCc1ccccc1[N+](=O)[O-]. The van der Waals surface area contributed by atoms with Gasteiger partial charge in [0.25, 0.3) is 5.69 Å². The normalized spacial score (nSPS) is 10.1. The highest BCUT2D eigenvalue weighted by molar-refractivity contribution is 5.88. The number of hydrogen-bond donors (Lipinski definition) is 1. The van der Waals surface area contributed by atoms with Crippen LogP contribution in [0, 0.1) is 10.1 Å². The minimum absolute atomic E-state index is 0.0192. The van der Waals surface area contributed by atoms with Crippen LogP contribution in [0.1, 0.15) is 16.1 Å². The van der Waals surface area contributed by atoms with Gasteiger partial charge in [0, 0.05) is 24.2 Å². The van der Waals surface area contributed by atoms with E-state index in [1.54, 1.807) is 24.3 Å². The molecule has 0 radical (unpaired) electrons. The monoisotopic (exact) mass is 288 g/mol. The van der Waals surface area contributed by atoms with Crippen LogP contribution in [-0.4, -0.2) is 27.6 Å². The minimum atomic E-state index is -1.18. The van der Waals surface area contributed by atoms with Crippen molar-refractivity contribution in [3.05, 3.63) is 64.0 Å². The van der Waals surface area contributed by atoms with Gasteiger partial charge < -0.3 is 9.84 Å². The maximum atomic E-state index is 11.0. The Bertz CT molecular complexity index is 614. The average molecular weight is 288 g/mol. The van der Waals surface area contributed by atoms with Crippen LogP contribution in [-0.2, 0) is 6.42 Å². The van der Waals surface area contributed by atoms with Gasteiger partial charge in [0.05, 0.1) is 11.5 Å². The summed E-state index contributed by atoms with van der Waals surface area (Å²) in [4.78, 5) is 25.1. The fourth-order valence-electron chi connectivity index (χ4n) is 1.84. The average Bonchev–Trinajstić information content (AvgIpc) is 2.48. The predicted molar refractivity (Wildman–Crippen MR) is 73.5 cm³/mol. The highest BCUT2D eigenvalue weighted by Crippen LogP contribution is 2.19. The highest BCUT2D eigenvalue weighted by Gasteiger charge is 2.14. The van der Waals surface area contributed by atoms with Gasteiger partial charge in [-0.2, -0.15) is 0 Å². The van der Waals surface area contributed by atoms with Gasteiger partial charge >= 0.3 is 5.97 Å². The summed E-state index contributed by atoms with van der Waals surface area (Å²) in [6.45, 7) is 0.122. The van der Waals surface area contributed by atoms with Crippen molar-refractivity contribution >= 4 is 11.7 Å². The van der Waals surface area contributed by atoms with Crippen LogP contribution >= 0.6 is 0 Å². The molecule has 2 rings (SSSR count). The van der Waals surface area contributed by atoms with Crippen molar-refractivity contribution in [2.45, 2.75) is 6.42 Å². The summed E-state index contributed by atoms with van der Waals surface area (Å²) in [6.07, 6.45) is 1.66. The van der Waals surface area contributed by atoms with Crippen molar-refractivity contribution in [2.24, 2.45) is 0 Å². The lowest BCUT2D eigenvalue weighted by Gasteiger charge is -2.08. The number of ether oxygens (including phenoxy) is 1. The van der Waals surface area contributed by atoms with Crippen molar-refractivity contribution in [1.82, 2.24) is 4.98 Å². The van der Waals surface area contributed by atoms with Gasteiger partial charge in [0.1, 0.15) is 0 Å². The van der Waals surface area contributed by atoms with Crippen molar-refractivity contribution in [2.75, 3.05) is 6.61 Å². The molecular weight excluding hydrogens is 276 g/mol. The molecule has 0 saturated carbocycles. The quantitative estimate of drug-likeness (QED) is 0.646. The maximum Gasteiger partial charge on any atom is 0.358 e. The second kappa shape index (κ2) is 6.47. The molecule has 0 atom stereocenters. The molecule has 0 aliphatic carbocycles. The van der Waals surface area contributed by atoms with E-state index in [9.17, 15) is 14.9 Å². The Balaban J connectivity index is 2.06. The summed E-state index contributed by atoms with van der Waals surface area (Å²) in [7, 11) is 0. The molecule has 108 valence electrons. The molecule has 1 aromatic heterocycles. The molecule has 0 aliphatic rings. The van der Waals surface area contributed by atoms with Gasteiger partial charge in [-0.3, -0.25) is 10.1 Å². The smallest absolute Gasteiger partial charge is 0.358 e. The van der Waals surface area contributed by atoms with Crippen molar-refractivity contribution < 1.29 is 19.6 Å². The number of aromatic nitrogens is 1. The van der Waals surface area contributed by atoms with Gasteiger partial charge in [0.15, 0.2) is 11.4 Å². The molecule has 0 bridgehead atoms. The molecule has 0 amide bonds. The Labute approximate surface area is 120 Å². The van der Waals surface area contributed by atoms with Crippen LogP contribution in [0.15, 0.2) is 42.6 Å². The summed E-state index contributed by atoms with van der Waals surface area (Å²) in [5.41, 5.74) is 0.370. The molecular formula is C14H12N2O5. The Morgan fingerprint density at radius 1 is 1.29 bits per heavy atom. The largest absolute Gasteiger partial charge is 0.491 e. The molecule has 1 aromatic carbocycles. The second-order valence-corrected chi connectivity index (χ2v) is 4.14. The first kappa shape index (κ1) is 14.4. The van der Waals surface area contributed by atoms with Crippen LogP contribution in [0.4, 0.5) is 5.69 Å². The number of carboxylic acids is 1. The van der Waals surface area contributed by atoms with E-state index in [-0.39, 0.29) is 23.7 Å². The molecule has 7 heteroatoms. The zero-order chi connectivity index (χ0) is 15.2. The first-order chi connectivity index (χ1) is 10.1. The third kappa shape index (κ3) is 3.53. The molecule has 0 spiro atoms. The predicted octanol–water partition coefficient (Wildman–Crippen LogP) is 2.31. The zero-order valence-electron chi connectivity index (χ0n) is 10.9. The van der Waals surface area contributed by atoms with E-state index in [1.165, 1.54) is 18.3 Å². The molecule has 1 N–H and O–H groups in total.